The summed E-state index contributed by atoms with van der Waals surface area (Å²) < 4.78 is 15.6. The number of carbonyl (C=O) groups excluding carboxylic acids is 1. The molecule has 1 aromatic carbocycles. The van der Waals surface area contributed by atoms with Gasteiger partial charge in [0.15, 0.2) is 23.1 Å². The number of nitrogens with two attached hydrogens (primary N) is 1. The molecule has 1 saturated carbocycles. The molecule has 0 saturated heterocycles. The molecule has 25 heavy (non-hydrogen) atoms. The number of rotatable bonds is 7. The van der Waals surface area contributed by atoms with Gasteiger partial charge in [0.2, 0.25) is 5.89 Å². The Balaban J connectivity index is 0.00000225. The van der Waals surface area contributed by atoms with Crippen LogP contribution >= 0.6 is 12.4 Å². The Morgan fingerprint density at radius 2 is 2.00 bits per heavy atom. The molecule has 0 unspecified atom stereocenters. The Bertz CT molecular complexity index is 743. The normalized spacial score (nSPS) is 15.0. The molecule has 2 aromatic rings. The molecule has 0 atom stereocenters. The molecule has 0 spiro atoms. The molecule has 3 rings (SSSR count). The predicted molar refractivity (Wildman–Crippen MR) is 93.5 cm³/mol. The summed E-state index contributed by atoms with van der Waals surface area (Å²) >= 11 is 0. The quantitative estimate of drug-likeness (QED) is 0.750. The Labute approximate surface area is 152 Å². The first-order chi connectivity index (χ1) is 11.6. The molecule has 7 nitrogen and oxygen atoms in total. The van der Waals surface area contributed by atoms with Crippen molar-refractivity contribution in [2.75, 3.05) is 14.2 Å². The van der Waals surface area contributed by atoms with Crippen molar-refractivity contribution in [3.05, 3.63) is 35.5 Å². The standard InChI is InChI=1S/C17H21N3O4.ClH/c1-22-13-6-4-11(10-14(13)23-2)12(21)5-7-15-19-16(20-24-15)17(18)8-3-9-17;/h4,6,10H,3,5,7-9,18H2,1-2H3;1H. The fraction of sp³-hybridized carbons (Fsp3) is 0.471. The fourth-order valence-electron chi connectivity index (χ4n) is 2.71. The lowest BCUT2D eigenvalue weighted by molar-refractivity contribution is 0.0979. The van der Waals surface area contributed by atoms with Crippen molar-refractivity contribution in [1.82, 2.24) is 10.1 Å². The number of halogens is 1. The van der Waals surface area contributed by atoms with Gasteiger partial charge in [0, 0.05) is 18.4 Å². The summed E-state index contributed by atoms with van der Waals surface area (Å²) in [6, 6.07) is 5.10. The SMILES string of the molecule is COc1ccc(C(=O)CCc2nc(C3(N)CCC3)no2)cc1OC.Cl. The smallest absolute Gasteiger partial charge is 0.227 e. The zero-order valence-corrected chi connectivity index (χ0v) is 15.1. The average molecular weight is 368 g/mol. The third kappa shape index (κ3) is 3.93. The largest absolute Gasteiger partial charge is 0.493 e. The Morgan fingerprint density at radius 3 is 2.60 bits per heavy atom. The summed E-state index contributed by atoms with van der Waals surface area (Å²) in [7, 11) is 3.09. The van der Waals surface area contributed by atoms with Crippen molar-refractivity contribution in [3.63, 3.8) is 0 Å². The van der Waals surface area contributed by atoms with Gasteiger partial charge in [0.1, 0.15) is 0 Å². The van der Waals surface area contributed by atoms with Gasteiger partial charge in [-0.15, -0.1) is 12.4 Å². The minimum absolute atomic E-state index is 0. The highest BCUT2D eigenvalue weighted by Crippen LogP contribution is 2.37. The van der Waals surface area contributed by atoms with Crippen LogP contribution in [0.15, 0.2) is 22.7 Å². The van der Waals surface area contributed by atoms with Crippen molar-refractivity contribution >= 4 is 18.2 Å². The molecule has 0 amide bonds. The van der Waals surface area contributed by atoms with E-state index in [1.54, 1.807) is 25.3 Å². The number of ketones is 1. The van der Waals surface area contributed by atoms with E-state index in [0.29, 0.717) is 35.2 Å². The molecule has 1 aliphatic rings. The highest BCUT2D eigenvalue weighted by molar-refractivity contribution is 5.96. The molecule has 0 bridgehead atoms. The molecule has 1 aromatic heterocycles. The van der Waals surface area contributed by atoms with E-state index >= 15 is 0 Å². The Kier molecular flexibility index (Phi) is 6.02. The minimum Gasteiger partial charge on any atom is -0.493 e. The van der Waals surface area contributed by atoms with Gasteiger partial charge in [-0.25, -0.2) is 0 Å². The second-order valence-corrected chi connectivity index (χ2v) is 6.01. The molecule has 136 valence electrons. The third-order valence-electron chi connectivity index (χ3n) is 4.43. The van der Waals surface area contributed by atoms with Crippen LogP contribution in [0.25, 0.3) is 0 Å². The van der Waals surface area contributed by atoms with Crippen molar-refractivity contribution in [3.8, 4) is 11.5 Å². The zero-order chi connectivity index (χ0) is 17.2. The monoisotopic (exact) mass is 367 g/mol. The first kappa shape index (κ1) is 19.2. The number of Topliss-reactive ketones (excluding diaryl/α,β-unsaturated/α-hetero) is 1. The predicted octanol–water partition coefficient (Wildman–Crippen LogP) is 2.66. The van der Waals surface area contributed by atoms with Crippen LogP contribution in [0.3, 0.4) is 0 Å². The van der Waals surface area contributed by atoms with Crippen molar-refractivity contribution in [2.45, 2.75) is 37.6 Å². The van der Waals surface area contributed by atoms with Crippen LogP contribution in [-0.4, -0.2) is 30.1 Å². The number of hydrogen-bond acceptors (Lipinski definition) is 7. The molecule has 8 heteroatoms. The highest BCUT2D eigenvalue weighted by Gasteiger charge is 2.38. The molecule has 1 aliphatic carbocycles. The van der Waals surface area contributed by atoms with E-state index in [1.807, 2.05) is 0 Å². The number of methoxy groups -OCH3 is 2. The summed E-state index contributed by atoms with van der Waals surface area (Å²) in [5.41, 5.74) is 6.27. The van der Waals surface area contributed by atoms with Crippen LogP contribution < -0.4 is 15.2 Å². The first-order valence-electron chi connectivity index (χ1n) is 7.93. The number of aromatic nitrogens is 2. The van der Waals surface area contributed by atoms with Crippen LogP contribution in [0.1, 0.15) is 47.8 Å². The van der Waals surface area contributed by atoms with Gasteiger partial charge in [-0.2, -0.15) is 4.98 Å². The van der Waals surface area contributed by atoms with E-state index in [4.69, 9.17) is 19.7 Å². The second kappa shape index (κ2) is 7.84. The van der Waals surface area contributed by atoms with Crippen molar-refractivity contribution in [1.29, 1.82) is 0 Å². The molecule has 1 fully saturated rings. The van der Waals surface area contributed by atoms with Crippen LogP contribution in [0.5, 0.6) is 11.5 Å². The van der Waals surface area contributed by atoms with E-state index in [0.717, 1.165) is 19.3 Å². The summed E-state index contributed by atoms with van der Waals surface area (Å²) in [5, 5.41) is 3.95. The van der Waals surface area contributed by atoms with E-state index in [2.05, 4.69) is 10.1 Å². The Hall–Kier alpha value is -2.12. The highest BCUT2D eigenvalue weighted by atomic mass is 35.5. The molecule has 0 aliphatic heterocycles. The van der Waals surface area contributed by atoms with Crippen LogP contribution in [0.2, 0.25) is 0 Å². The molecular formula is C17H22ClN3O4. The maximum atomic E-state index is 12.3. The summed E-state index contributed by atoms with van der Waals surface area (Å²) in [5.74, 6) is 2.07. The number of hydrogen-bond donors (Lipinski definition) is 1. The van der Waals surface area contributed by atoms with Gasteiger partial charge in [0.05, 0.1) is 19.8 Å². The average Bonchev–Trinajstić information content (AvgIpc) is 3.06. The zero-order valence-electron chi connectivity index (χ0n) is 14.3. The number of aryl methyl sites for hydroxylation is 1. The van der Waals surface area contributed by atoms with Crippen LogP contribution in [0, 0.1) is 0 Å². The first-order valence-corrected chi connectivity index (χ1v) is 7.93. The van der Waals surface area contributed by atoms with Crippen molar-refractivity contribution in [2.24, 2.45) is 5.73 Å². The molecular weight excluding hydrogens is 346 g/mol. The van der Waals surface area contributed by atoms with Gasteiger partial charge in [-0.05, 0) is 37.5 Å². The lowest BCUT2D eigenvalue weighted by Crippen LogP contribution is -2.44. The van der Waals surface area contributed by atoms with Crippen LogP contribution in [0.4, 0.5) is 0 Å². The molecule has 0 radical (unpaired) electrons. The number of benzene rings is 1. The second-order valence-electron chi connectivity index (χ2n) is 6.01. The van der Waals surface area contributed by atoms with Gasteiger partial charge in [-0.1, -0.05) is 5.16 Å². The molecule has 1 heterocycles. The van der Waals surface area contributed by atoms with Crippen LogP contribution in [-0.2, 0) is 12.0 Å². The summed E-state index contributed by atoms with van der Waals surface area (Å²) in [6.45, 7) is 0. The number of nitrogens with zero attached hydrogens (tertiary/aromatic N) is 2. The van der Waals surface area contributed by atoms with E-state index in [-0.39, 0.29) is 24.6 Å². The van der Waals surface area contributed by atoms with Crippen molar-refractivity contribution < 1.29 is 18.8 Å². The minimum atomic E-state index is -0.449. The number of ether oxygens (including phenoxy) is 2. The third-order valence-corrected chi connectivity index (χ3v) is 4.43. The lowest BCUT2D eigenvalue weighted by atomic mass is 9.77. The maximum absolute atomic E-state index is 12.3. The number of carbonyl (C=O) groups is 1. The Morgan fingerprint density at radius 1 is 1.28 bits per heavy atom. The van der Waals surface area contributed by atoms with E-state index < -0.39 is 5.54 Å². The lowest BCUT2D eigenvalue weighted by Gasteiger charge is -2.34. The summed E-state index contributed by atoms with van der Waals surface area (Å²) in [6.07, 6.45) is 3.48. The summed E-state index contributed by atoms with van der Waals surface area (Å²) in [4.78, 5) is 16.7. The van der Waals surface area contributed by atoms with Gasteiger partial charge >= 0.3 is 0 Å². The molecule has 2 N–H and O–H groups in total. The van der Waals surface area contributed by atoms with E-state index in [9.17, 15) is 4.79 Å². The van der Waals surface area contributed by atoms with Gasteiger partial charge in [-0.3, -0.25) is 4.79 Å². The van der Waals surface area contributed by atoms with E-state index in [1.165, 1.54) is 7.11 Å². The van der Waals surface area contributed by atoms with Gasteiger partial charge in [0.25, 0.3) is 0 Å². The van der Waals surface area contributed by atoms with Gasteiger partial charge < -0.3 is 19.7 Å². The maximum Gasteiger partial charge on any atom is 0.227 e. The topological polar surface area (TPSA) is 100 Å². The fourth-order valence-corrected chi connectivity index (χ4v) is 2.71.